The minimum absolute atomic E-state index is 0.249. The van der Waals surface area contributed by atoms with E-state index in [1.807, 2.05) is 6.07 Å². The fraction of sp³-hybridized carbons (Fsp3) is 0.478. The number of rotatable bonds is 5. The number of nitrogens with zero attached hydrogens (tertiary/aromatic N) is 4. The molecule has 2 fully saturated rings. The van der Waals surface area contributed by atoms with Gasteiger partial charge in [-0.25, -0.2) is 9.97 Å². The lowest BCUT2D eigenvalue weighted by Crippen LogP contribution is -2.32. The first-order chi connectivity index (χ1) is 14.9. The molecule has 8 heteroatoms. The molecule has 31 heavy (non-hydrogen) atoms. The van der Waals surface area contributed by atoms with E-state index in [2.05, 4.69) is 44.0 Å². The van der Waals surface area contributed by atoms with Gasteiger partial charge >= 0.3 is 6.18 Å². The van der Waals surface area contributed by atoms with E-state index >= 15 is 0 Å². The summed E-state index contributed by atoms with van der Waals surface area (Å²) >= 11 is 1.12. The Bertz CT molecular complexity index is 1050. The van der Waals surface area contributed by atoms with Crippen LogP contribution in [0.4, 0.5) is 19.0 Å². The van der Waals surface area contributed by atoms with E-state index in [4.69, 9.17) is 0 Å². The molecule has 1 spiro atoms. The Kier molecular flexibility index (Phi) is 5.38. The number of fused-ring (bicyclic) bond motifs is 1. The predicted molar refractivity (Wildman–Crippen MR) is 118 cm³/mol. The summed E-state index contributed by atoms with van der Waals surface area (Å²) < 4.78 is 38.5. The van der Waals surface area contributed by atoms with Crippen molar-refractivity contribution in [1.82, 2.24) is 14.9 Å². The summed E-state index contributed by atoms with van der Waals surface area (Å²) in [6, 6.07) is 12.2. The summed E-state index contributed by atoms with van der Waals surface area (Å²) in [5.41, 5.74) is 1.62. The van der Waals surface area contributed by atoms with Gasteiger partial charge < -0.3 is 9.80 Å². The number of hydrogen-bond acceptors (Lipinski definition) is 5. The summed E-state index contributed by atoms with van der Waals surface area (Å²) in [4.78, 5) is 14.4. The van der Waals surface area contributed by atoms with Crippen molar-refractivity contribution in [1.29, 1.82) is 0 Å². The van der Waals surface area contributed by atoms with Crippen LogP contribution in [0.3, 0.4) is 0 Å². The van der Waals surface area contributed by atoms with E-state index in [1.165, 1.54) is 11.9 Å². The fourth-order valence-electron chi connectivity index (χ4n) is 5.03. The van der Waals surface area contributed by atoms with Crippen LogP contribution in [0.2, 0.25) is 0 Å². The van der Waals surface area contributed by atoms with E-state index < -0.39 is 12.6 Å². The van der Waals surface area contributed by atoms with Crippen molar-refractivity contribution in [2.24, 2.45) is 5.41 Å². The minimum atomic E-state index is -4.21. The third kappa shape index (κ3) is 4.55. The number of hydrogen-bond donors (Lipinski definition) is 0. The quantitative estimate of drug-likeness (QED) is 0.556. The highest BCUT2D eigenvalue weighted by atomic mass is 32.1. The van der Waals surface area contributed by atoms with Crippen LogP contribution in [0.15, 0.2) is 42.7 Å². The number of likely N-dealkylation sites (tertiary alicyclic amines) is 1. The minimum Gasteiger partial charge on any atom is -0.355 e. The van der Waals surface area contributed by atoms with Crippen LogP contribution in [-0.4, -0.2) is 53.8 Å². The average molecular weight is 447 g/mol. The maximum atomic E-state index is 12.8. The Morgan fingerprint density at radius 3 is 2.65 bits per heavy atom. The number of benzene rings is 1. The molecular weight excluding hydrogens is 421 g/mol. The lowest BCUT2D eigenvalue weighted by atomic mass is 9.86. The predicted octanol–water partition coefficient (Wildman–Crippen LogP) is 4.94. The van der Waals surface area contributed by atoms with Gasteiger partial charge in [-0.05, 0) is 37.4 Å². The zero-order valence-corrected chi connectivity index (χ0v) is 18.1. The Morgan fingerprint density at radius 2 is 1.84 bits per heavy atom. The van der Waals surface area contributed by atoms with Crippen molar-refractivity contribution in [3.8, 4) is 0 Å². The molecule has 0 bridgehead atoms. The number of anilines is 1. The molecule has 0 amide bonds. The molecule has 0 aliphatic carbocycles. The van der Waals surface area contributed by atoms with E-state index in [0.717, 1.165) is 74.5 Å². The SMILES string of the molecule is FC(F)(F)Cc1cc2c(N3CC[C@@]4(CCN(CCc5ccccc5)C4)C3)ncnc2s1. The molecule has 2 aliphatic rings. The van der Waals surface area contributed by atoms with Gasteiger partial charge in [-0.1, -0.05) is 30.3 Å². The van der Waals surface area contributed by atoms with Gasteiger partial charge in [-0.15, -0.1) is 11.3 Å². The summed E-state index contributed by atoms with van der Waals surface area (Å²) in [6.07, 6.45) is -0.316. The van der Waals surface area contributed by atoms with Crippen molar-refractivity contribution in [3.63, 3.8) is 0 Å². The summed E-state index contributed by atoms with van der Waals surface area (Å²) in [5, 5.41) is 0.753. The van der Waals surface area contributed by atoms with Gasteiger partial charge in [-0.3, -0.25) is 0 Å². The molecule has 4 heterocycles. The standard InChI is InChI=1S/C23H25F3N4S/c24-23(25,26)13-18-12-19-20(27-16-28-21(19)31-18)30-11-8-22(15-30)7-10-29(14-22)9-6-17-4-2-1-3-5-17/h1-5,12,16H,6-11,13-15H2/t22-/m1/s1. The van der Waals surface area contributed by atoms with Crippen LogP contribution < -0.4 is 4.90 Å². The highest BCUT2D eigenvalue weighted by Crippen LogP contribution is 2.42. The number of alkyl halides is 3. The number of halogens is 3. The lowest BCUT2D eigenvalue weighted by Gasteiger charge is -2.25. The fourth-order valence-corrected chi connectivity index (χ4v) is 6.05. The molecular formula is C23H25F3N4S. The molecule has 3 aromatic rings. The van der Waals surface area contributed by atoms with Crippen LogP contribution in [0.25, 0.3) is 10.2 Å². The summed E-state index contributed by atoms with van der Waals surface area (Å²) in [6.45, 7) is 5.05. The second-order valence-corrected chi connectivity index (χ2v) is 9.97. The molecule has 5 rings (SSSR count). The Labute approximate surface area is 183 Å². The van der Waals surface area contributed by atoms with Gasteiger partial charge in [0.25, 0.3) is 0 Å². The third-order valence-corrected chi connectivity index (χ3v) is 7.59. The van der Waals surface area contributed by atoms with E-state index in [-0.39, 0.29) is 5.41 Å². The topological polar surface area (TPSA) is 32.3 Å². The molecule has 2 aromatic heterocycles. The van der Waals surface area contributed by atoms with Crippen molar-refractivity contribution in [2.75, 3.05) is 37.6 Å². The Morgan fingerprint density at radius 1 is 1.03 bits per heavy atom. The van der Waals surface area contributed by atoms with Gasteiger partial charge in [0.05, 0.1) is 11.8 Å². The summed E-state index contributed by atoms with van der Waals surface area (Å²) in [7, 11) is 0. The first kappa shape index (κ1) is 20.7. The van der Waals surface area contributed by atoms with Crippen molar-refractivity contribution in [3.05, 3.63) is 53.2 Å². The van der Waals surface area contributed by atoms with Crippen molar-refractivity contribution in [2.45, 2.75) is 31.9 Å². The first-order valence-electron chi connectivity index (χ1n) is 10.7. The van der Waals surface area contributed by atoms with Crippen LogP contribution in [-0.2, 0) is 12.8 Å². The zero-order valence-electron chi connectivity index (χ0n) is 17.2. The molecule has 2 aliphatic heterocycles. The van der Waals surface area contributed by atoms with Crippen LogP contribution in [0.1, 0.15) is 23.3 Å². The second kappa shape index (κ2) is 8.06. The van der Waals surface area contributed by atoms with Crippen molar-refractivity contribution < 1.29 is 13.2 Å². The highest BCUT2D eigenvalue weighted by Gasteiger charge is 2.44. The lowest BCUT2D eigenvalue weighted by molar-refractivity contribution is -0.126. The molecule has 0 unspecified atom stereocenters. The second-order valence-electron chi connectivity index (χ2n) is 8.85. The van der Waals surface area contributed by atoms with Gasteiger partial charge in [0, 0.05) is 36.5 Å². The van der Waals surface area contributed by atoms with E-state index in [1.54, 1.807) is 6.07 Å². The molecule has 0 saturated carbocycles. The molecule has 2 saturated heterocycles. The average Bonchev–Trinajstić information content (AvgIpc) is 3.44. The van der Waals surface area contributed by atoms with Crippen LogP contribution >= 0.6 is 11.3 Å². The summed E-state index contributed by atoms with van der Waals surface area (Å²) in [5.74, 6) is 0.786. The van der Waals surface area contributed by atoms with Crippen LogP contribution in [0.5, 0.6) is 0 Å². The highest BCUT2D eigenvalue weighted by molar-refractivity contribution is 7.18. The monoisotopic (exact) mass is 446 g/mol. The van der Waals surface area contributed by atoms with E-state index in [0.29, 0.717) is 9.71 Å². The normalized spacial score (nSPS) is 22.2. The molecule has 1 atom stereocenters. The van der Waals surface area contributed by atoms with Crippen LogP contribution in [0, 0.1) is 5.41 Å². The van der Waals surface area contributed by atoms with Crippen molar-refractivity contribution >= 4 is 27.4 Å². The van der Waals surface area contributed by atoms with Gasteiger partial charge in [0.2, 0.25) is 0 Å². The molecule has 4 nitrogen and oxygen atoms in total. The molecule has 164 valence electrons. The largest absolute Gasteiger partial charge is 0.393 e. The zero-order chi connectivity index (χ0) is 21.5. The first-order valence-corrected chi connectivity index (χ1v) is 11.5. The molecule has 1 aromatic carbocycles. The number of thiophene rings is 1. The maximum absolute atomic E-state index is 12.8. The smallest absolute Gasteiger partial charge is 0.355 e. The maximum Gasteiger partial charge on any atom is 0.393 e. The Balaban J connectivity index is 1.27. The van der Waals surface area contributed by atoms with Gasteiger partial charge in [-0.2, -0.15) is 13.2 Å². The third-order valence-electron chi connectivity index (χ3n) is 6.55. The van der Waals surface area contributed by atoms with Gasteiger partial charge in [0.15, 0.2) is 0 Å². The molecule has 0 radical (unpaired) electrons. The molecule has 0 N–H and O–H groups in total. The van der Waals surface area contributed by atoms with Gasteiger partial charge in [0.1, 0.15) is 17.0 Å². The number of aromatic nitrogens is 2. The van der Waals surface area contributed by atoms with E-state index in [9.17, 15) is 13.2 Å². The Hall–Kier alpha value is -2.19.